The molecule has 1 nitrogen and oxygen atoms in total. The number of carbonyl (C=O) groups is 1. The van der Waals surface area contributed by atoms with E-state index in [0.29, 0.717) is 0 Å². The molecule has 0 atom stereocenters. The fraction of sp³-hybridized carbons (Fsp3) is 0.562. The van der Waals surface area contributed by atoms with Crippen molar-refractivity contribution in [2.75, 3.05) is 5.75 Å². The number of thioether (sulfide) groups is 1. The van der Waals surface area contributed by atoms with Crippen LogP contribution in [0.15, 0.2) is 29.2 Å². The van der Waals surface area contributed by atoms with Gasteiger partial charge >= 0.3 is 0 Å². The van der Waals surface area contributed by atoms with Crippen molar-refractivity contribution in [1.29, 1.82) is 0 Å². The maximum Gasteiger partial charge on any atom is 0.150 e. The largest absolute Gasteiger partial charge is 0.298 e. The molecule has 1 aromatic carbocycles. The smallest absolute Gasteiger partial charge is 0.150 e. The lowest BCUT2D eigenvalue weighted by Gasteiger charge is -2.03. The Balaban J connectivity index is 2.05. The van der Waals surface area contributed by atoms with Crippen molar-refractivity contribution in [3.63, 3.8) is 0 Å². The van der Waals surface area contributed by atoms with Crippen LogP contribution in [0.25, 0.3) is 0 Å². The molecular weight excluding hydrogens is 240 g/mol. The first-order valence-corrected chi connectivity index (χ1v) is 8.03. The van der Waals surface area contributed by atoms with E-state index in [-0.39, 0.29) is 0 Å². The molecule has 0 aliphatic heterocycles. The Hall–Kier alpha value is -0.760. The minimum Gasteiger partial charge on any atom is -0.298 e. The van der Waals surface area contributed by atoms with E-state index in [0.717, 1.165) is 17.6 Å². The molecule has 0 saturated heterocycles. The van der Waals surface area contributed by atoms with Gasteiger partial charge in [-0.2, -0.15) is 0 Å². The third-order valence-corrected chi connectivity index (χ3v) is 4.09. The predicted molar refractivity (Wildman–Crippen MR) is 80.5 cm³/mol. The van der Waals surface area contributed by atoms with Crippen LogP contribution in [0, 0.1) is 0 Å². The fourth-order valence-electron chi connectivity index (χ4n) is 1.93. The normalized spacial score (nSPS) is 10.5. The first-order valence-electron chi connectivity index (χ1n) is 7.05. The Morgan fingerprint density at radius 1 is 1.06 bits per heavy atom. The average molecular weight is 264 g/mol. The predicted octanol–water partition coefficient (Wildman–Crippen LogP) is 5.34. The van der Waals surface area contributed by atoms with E-state index in [4.69, 9.17) is 0 Å². The van der Waals surface area contributed by atoms with Gasteiger partial charge in [0.05, 0.1) is 0 Å². The van der Waals surface area contributed by atoms with Crippen molar-refractivity contribution >= 4 is 18.0 Å². The van der Waals surface area contributed by atoms with Crippen molar-refractivity contribution < 1.29 is 4.79 Å². The van der Waals surface area contributed by atoms with Gasteiger partial charge in [0.25, 0.3) is 0 Å². The van der Waals surface area contributed by atoms with Crippen molar-refractivity contribution in [2.24, 2.45) is 0 Å². The Morgan fingerprint density at radius 2 is 1.78 bits per heavy atom. The lowest BCUT2D eigenvalue weighted by Crippen LogP contribution is -1.84. The number of unbranched alkanes of at least 4 members (excludes halogenated alkanes) is 6. The molecule has 0 spiro atoms. The summed E-state index contributed by atoms with van der Waals surface area (Å²) in [6, 6.07) is 7.86. The molecule has 0 heterocycles. The summed E-state index contributed by atoms with van der Waals surface area (Å²) in [6.07, 6.45) is 10.4. The van der Waals surface area contributed by atoms with Crippen molar-refractivity contribution in [3.8, 4) is 0 Å². The van der Waals surface area contributed by atoms with Gasteiger partial charge in [-0.1, -0.05) is 57.6 Å². The summed E-state index contributed by atoms with van der Waals surface area (Å²) in [5.74, 6) is 1.16. The van der Waals surface area contributed by atoms with Gasteiger partial charge < -0.3 is 0 Å². The van der Waals surface area contributed by atoms with Crippen LogP contribution in [0.1, 0.15) is 62.2 Å². The van der Waals surface area contributed by atoms with Crippen molar-refractivity contribution in [3.05, 3.63) is 29.8 Å². The summed E-state index contributed by atoms with van der Waals surface area (Å²) in [7, 11) is 0. The maximum atomic E-state index is 10.7. The van der Waals surface area contributed by atoms with E-state index in [1.807, 2.05) is 30.0 Å². The van der Waals surface area contributed by atoms with Crippen LogP contribution in [0.5, 0.6) is 0 Å². The summed E-state index contributed by atoms with van der Waals surface area (Å²) in [5.41, 5.74) is 0.777. The van der Waals surface area contributed by atoms with E-state index in [1.54, 1.807) is 0 Å². The molecule has 18 heavy (non-hydrogen) atoms. The summed E-state index contributed by atoms with van der Waals surface area (Å²) < 4.78 is 0. The molecule has 2 heteroatoms. The van der Waals surface area contributed by atoms with E-state index in [2.05, 4.69) is 13.0 Å². The minimum atomic E-state index is 0.777. The molecule has 0 aliphatic carbocycles. The van der Waals surface area contributed by atoms with Gasteiger partial charge in [0, 0.05) is 10.5 Å². The zero-order chi connectivity index (χ0) is 13.1. The molecule has 0 fully saturated rings. The van der Waals surface area contributed by atoms with Crippen LogP contribution in [-0.2, 0) is 0 Å². The molecule has 100 valence electrons. The van der Waals surface area contributed by atoms with Gasteiger partial charge in [-0.15, -0.1) is 11.8 Å². The second-order valence-electron chi connectivity index (χ2n) is 4.66. The quantitative estimate of drug-likeness (QED) is 0.322. The van der Waals surface area contributed by atoms with E-state index < -0.39 is 0 Å². The first-order chi connectivity index (χ1) is 8.86. The van der Waals surface area contributed by atoms with E-state index in [1.165, 1.54) is 49.8 Å². The Labute approximate surface area is 115 Å². The zero-order valence-electron chi connectivity index (χ0n) is 11.4. The summed E-state index contributed by atoms with van der Waals surface area (Å²) in [4.78, 5) is 11.9. The molecule has 1 aromatic rings. The van der Waals surface area contributed by atoms with Gasteiger partial charge in [0.1, 0.15) is 6.29 Å². The molecule has 0 unspecified atom stereocenters. The highest BCUT2D eigenvalue weighted by molar-refractivity contribution is 7.99. The lowest BCUT2D eigenvalue weighted by atomic mass is 10.1. The second kappa shape index (κ2) is 10.2. The molecule has 1 rings (SSSR count). The monoisotopic (exact) mass is 264 g/mol. The van der Waals surface area contributed by atoms with Crippen molar-refractivity contribution in [1.82, 2.24) is 0 Å². The molecule has 0 aliphatic rings. The number of hydrogen-bond acceptors (Lipinski definition) is 2. The number of carbonyl (C=O) groups excluding carboxylic acids is 1. The van der Waals surface area contributed by atoms with Gasteiger partial charge in [-0.05, 0) is 24.3 Å². The fourth-order valence-corrected chi connectivity index (χ4v) is 2.91. The maximum absolute atomic E-state index is 10.7. The van der Waals surface area contributed by atoms with Gasteiger partial charge in [-0.3, -0.25) is 4.79 Å². The van der Waals surface area contributed by atoms with Crippen LogP contribution >= 0.6 is 11.8 Å². The van der Waals surface area contributed by atoms with Crippen LogP contribution < -0.4 is 0 Å². The Bertz CT molecular complexity index is 336. The summed E-state index contributed by atoms with van der Waals surface area (Å²) >= 11 is 1.86. The van der Waals surface area contributed by atoms with E-state index >= 15 is 0 Å². The number of aldehydes is 1. The van der Waals surface area contributed by atoms with Gasteiger partial charge in [0.15, 0.2) is 0 Å². The van der Waals surface area contributed by atoms with Gasteiger partial charge in [-0.25, -0.2) is 0 Å². The summed E-state index contributed by atoms with van der Waals surface area (Å²) in [6.45, 7) is 2.25. The second-order valence-corrected chi connectivity index (χ2v) is 5.83. The molecule has 0 amide bonds. The topological polar surface area (TPSA) is 17.1 Å². The van der Waals surface area contributed by atoms with Gasteiger partial charge in [0.2, 0.25) is 0 Å². The standard InChI is InChI=1S/C16H24OS/c1-2-3-4-5-6-7-8-12-18-16-11-9-10-15(13-16)14-17/h9-11,13-14H,2-8,12H2,1H3. The molecule has 0 saturated carbocycles. The number of benzene rings is 1. The Morgan fingerprint density at radius 3 is 2.50 bits per heavy atom. The average Bonchev–Trinajstić information content (AvgIpc) is 2.42. The highest BCUT2D eigenvalue weighted by Crippen LogP contribution is 2.20. The molecule has 0 aromatic heterocycles. The third-order valence-electron chi connectivity index (χ3n) is 3.01. The van der Waals surface area contributed by atoms with Crippen LogP contribution in [0.4, 0.5) is 0 Å². The van der Waals surface area contributed by atoms with E-state index in [9.17, 15) is 4.79 Å². The zero-order valence-corrected chi connectivity index (χ0v) is 12.2. The minimum absolute atomic E-state index is 0.777. The number of hydrogen-bond donors (Lipinski definition) is 0. The van der Waals surface area contributed by atoms with Crippen LogP contribution in [-0.4, -0.2) is 12.0 Å². The SMILES string of the molecule is CCCCCCCCCSc1cccc(C=O)c1. The van der Waals surface area contributed by atoms with Crippen LogP contribution in [0.3, 0.4) is 0 Å². The first kappa shape index (κ1) is 15.3. The Kier molecular flexibility index (Phi) is 8.66. The lowest BCUT2D eigenvalue weighted by molar-refractivity contribution is 0.112. The van der Waals surface area contributed by atoms with Crippen LogP contribution in [0.2, 0.25) is 0 Å². The number of rotatable bonds is 10. The molecular formula is C16H24OS. The highest BCUT2D eigenvalue weighted by atomic mass is 32.2. The molecule has 0 radical (unpaired) electrons. The summed E-state index contributed by atoms with van der Waals surface area (Å²) in [5, 5.41) is 0. The molecule has 0 bridgehead atoms. The highest BCUT2D eigenvalue weighted by Gasteiger charge is 1.96. The third kappa shape index (κ3) is 6.85. The van der Waals surface area contributed by atoms with Crippen molar-refractivity contribution in [2.45, 2.75) is 56.8 Å². The molecule has 0 N–H and O–H groups in total.